The van der Waals surface area contributed by atoms with Crippen LogP contribution in [0.4, 0.5) is 0 Å². The predicted octanol–water partition coefficient (Wildman–Crippen LogP) is 7.39. The van der Waals surface area contributed by atoms with Gasteiger partial charge in [-0.15, -0.1) is 0 Å². The number of Topliss-reactive ketones (excluding diaryl/α,β-unsaturated/α-hetero) is 1. The summed E-state index contributed by atoms with van der Waals surface area (Å²) in [6.07, 6.45) is 3.05. The van der Waals surface area contributed by atoms with Crippen LogP contribution in [0.5, 0.6) is 0 Å². The SMILES string of the molecule is CCCCOC(=O)C(CCO[Si](C)(C)C(C)(C)C)C(=O)CCc1ccc(-c2ccccc2)cc1.N. The first-order valence-corrected chi connectivity index (χ1v) is 15.4. The molecular weight excluding hydrogens is 454 g/mol. The average Bonchev–Trinajstić information content (AvgIpc) is 2.80. The molecule has 0 heterocycles. The minimum atomic E-state index is -1.94. The van der Waals surface area contributed by atoms with E-state index in [0.29, 0.717) is 32.5 Å². The van der Waals surface area contributed by atoms with Gasteiger partial charge in [-0.1, -0.05) is 88.7 Å². The number of unbranched alkanes of at least 4 members (excludes halogenated alkanes) is 1. The molecule has 1 atom stereocenters. The Bertz CT molecular complexity index is 905. The van der Waals surface area contributed by atoms with Gasteiger partial charge in [-0.05, 0) is 54.1 Å². The van der Waals surface area contributed by atoms with E-state index in [2.05, 4.69) is 70.3 Å². The van der Waals surface area contributed by atoms with Crippen molar-refractivity contribution in [3.63, 3.8) is 0 Å². The van der Waals surface area contributed by atoms with Gasteiger partial charge in [-0.2, -0.15) is 0 Å². The molecule has 0 aromatic heterocycles. The van der Waals surface area contributed by atoms with E-state index in [0.717, 1.165) is 24.0 Å². The van der Waals surface area contributed by atoms with Crippen LogP contribution in [0.3, 0.4) is 0 Å². The highest BCUT2D eigenvalue weighted by Gasteiger charge is 2.37. The summed E-state index contributed by atoms with van der Waals surface area (Å²) in [6, 6.07) is 18.5. The van der Waals surface area contributed by atoms with Gasteiger partial charge >= 0.3 is 5.97 Å². The highest BCUT2D eigenvalue weighted by molar-refractivity contribution is 6.74. The molecule has 0 aliphatic rings. The van der Waals surface area contributed by atoms with Crippen molar-refractivity contribution in [2.45, 2.75) is 77.9 Å². The number of hydrogen-bond donors (Lipinski definition) is 1. The number of carbonyl (C=O) groups is 2. The Morgan fingerprint density at radius 3 is 2.09 bits per heavy atom. The Morgan fingerprint density at radius 2 is 1.51 bits per heavy atom. The zero-order valence-corrected chi connectivity index (χ0v) is 23.6. The molecule has 0 radical (unpaired) electrons. The second kappa shape index (κ2) is 14.3. The lowest BCUT2D eigenvalue weighted by atomic mass is 9.95. The van der Waals surface area contributed by atoms with Crippen LogP contribution in [0.2, 0.25) is 18.1 Å². The average molecular weight is 500 g/mol. The van der Waals surface area contributed by atoms with Crippen molar-refractivity contribution in [3.05, 3.63) is 60.2 Å². The summed E-state index contributed by atoms with van der Waals surface area (Å²) in [4.78, 5) is 25.8. The van der Waals surface area contributed by atoms with Crippen molar-refractivity contribution in [2.24, 2.45) is 5.92 Å². The zero-order valence-electron chi connectivity index (χ0n) is 22.6. The molecule has 35 heavy (non-hydrogen) atoms. The highest BCUT2D eigenvalue weighted by atomic mass is 28.4. The van der Waals surface area contributed by atoms with Crippen LogP contribution >= 0.6 is 0 Å². The van der Waals surface area contributed by atoms with E-state index >= 15 is 0 Å². The normalized spacial score (nSPS) is 12.5. The maximum absolute atomic E-state index is 13.1. The number of ether oxygens (including phenoxy) is 1. The Labute approximate surface area is 213 Å². The summed E-state index contributed by atoms with van der Waals surface area (Å²) in [7, 11) is -1.94. The van der Waals surface area contributed by atoms with Crippen molar-refractivity contribution in [2.75, 3.05) is 13.2 Å². The fourth-order valence-corrected chi connectivity index (χ4v) is 4.47. The van der Waals surface area contributed by atoms with E-state index in [9.17, 15) is 9.59 Å². The van der Waals surface area contributed by atoms with Crippen molar-refractivity contribution in [1.29, 1.82) is 0 Å². The van der Waals surface area contributed by atoms with Gasteiger partial charge in [-0.25, -0.2) is 0 Å². The molecule has 0 spiro atoms. The smallest absolute Gasteiger partial charge is 0.316 e. The number of aryl methyl sites for hydroxylation is 1. The number of hydrogen-bond acceptors (Lipinski definition) is 5. The molecule has 0 fully saturated rings. The van der Waals surface area contributed by atoms with Gasteiger partial charge < -0.3 is 15.3 Å². The lowest BCUT2D eigenvalue weighted by molar-refractivity contribution is -0.152. The van der Waals surface area contributed by atoms with Gasteiger partial charge in [0.15, 0.2) is 8.32 Å². The molecule has 2 aromatic rings. The molecule has 6 heteroatoms. The number of benzene rings is 2. The summed E-state index contributed by atoms with van der Waals surface area (Å²) >= 11 is 0. The summed E-state index contributed by atoms with van der Waals surface area (Å²) in [5, 5.41) is 0.0834. The maximum Gasteiger partial charge on any atom is 0.316 e. The standard InChI is InChI=1S/C29H42O4Si.H3N/c1-7-8-21-32-28(31)26(20-22-33-34(5,6)29(2,3)4)27(30)19-16-23-14-17-25(18-15-23)24-12-10-9-11-13-24;/h9-15,17-18,26H,7-8,16,19-22H2,1-6H3;1H3. The van der Waals surface area contributed by atoms with Gasteiger partial charge in [0.1, 0.15) is 11.7 Å². The van der Waals surface area contributed by atoms with E-state index in [1.165, 1.54) is 5.56 Å². The van der Waals surface area contributed by atoms with Gasteiger partial charge in [0.25, 0.3) is 0 Å². The first-order valence-electron chi connectivity index (χ1n) is 12.5. The molecule has 0 aliphatic heterocycles. The topological polar surface area (TPSA) is 87.6 Å². The lowest BCUT2D eigenvalue weighted by Gasteiger charge is -2.36. The van der Waals surface area contributed by atoms with Crippen molar-refractivity contribution in [1.82, 2.24) is 6.15 Å². The predicted molar refractivity (Wildman–Crippen MR) is 147 cm³/mol. The third-order valence-corrected chi connectivity index (χ3v) is 11.4. The summed E-state index contributed by atoms with van der Waals surface area (Å²) < 4.78 is 11.7. The molecule has 0 aliphatic carbocycles. The molecule has 2 rings (SSSR count). The highest BCUT2D eigenvalue weighted by Crippen LogP contribution is 2.36. The third-order valence-electron chi connectivity index (χ3n) is 6.81. The Hall–Kier alpha value is -2.28. The Balaban J connectivity index is 0.00000612. The molecule has 3 N–H and O–H groups in total. The van der Waals surface area contributed by atoms with Gasteiger partial charge in [0.05, 0.1) is 6.61 Å². The van der Waals surface area contributed by atoms with Crippen LogP contribution in [0.25, 0.3) is 11.1 Å². The fourth-order valence-electron chi connectivity index (χ4n) is 3.41. The maximum atomic E-state index is 13.1. The van der Waals surface area contributed by atoms with Crippen molar-refractivity contribution >= 4 is 20.1 Å². The molecule has 0 bridgehead atoms. The number of ketones is 1. The van der Waals surface area contributed by atoms with Crippen LogP contribution in [0, 0.1) is 5.92 Å². The van der Waals surface area contributed by atoms with Crippen LogP contribution < -0.4 is 6.15 Å². The van der Waals surface area contributed by atoms with E-state index in [-0.39, 0.29) is 17.0 Å². The van der Waals surface area contributed by atoms with Crippen LogP contribution in [-0.2, 0) is 25.2 Å². The molecule has 2 aromatic carbocycles. The lowest BCUT2D eigenvalue weighted by Crippen LogP contribution is -2.41. The van der Waals surface area contributed by atoms with Gasteiger partial charge in [0, 0.05) is 13.0 Å². The minimum Gasteiger partial charge on any atom is -0.465 e. The second-order valence-electron chi connectivity index (χ2n) is 10.5. The molecule has 0 saturated heterocycles. The summed E-state index contributed by atoms with van der Waals surface area (Å²) in [5.74, 6) is -1.23. The molecule has 0 amide bonds. The summed E-state index contributed by atoms with van der Waals surface area (Å²) in [6.45, 7) is 13.7. The Morgan fingerprint density at radius 1 is 0.914 bits per heavy atom. The third kappa shape index (κ3) is 9.71. The van der Waals surface area contributed by atoms with E-state index in [4.69, 9.17) is 9.16 Å². The first-order chi connectivity index (χ1) is 16.0. The van der Waals surface area contributed by atoms with E-state index in [1.807, 2.05) is 25.1 Å². The number of rotatable bonds is 13. The molecule has 1 unspecified atom stereocenters. The van der Waals surface area contributed by atoms with Crippen molar-refractivity contribution < 1.29 is 18.8 Å². The zero-order chi connectivity index (χ0) is 25.2. The molecular formula is C29H45NO4Si. The monoisotopic (exact) mass is 499 g/mol. The van der Waals surface area contributed by atoms with Crippen molar-refractivity contribution in [3.8, 4) is 11.1 Å². The van der Waals surface area contributed by atoms with Gasteiger partial charge in [-0.3, -0.25) is 9.59 Å². The van der Waals surface area contributed by atoms with Crippen LogP contribution in [0.1, 0.15) is 58.9 Å². The van der Waals surface area contributed by atoms with Crippen LogP contribution in [-0.4, -0.2) is 33.3 Å². The quantitative estimate of drug-likeness (QED) is 0.134. The molecule has 194 valence electrons. The molecule has 0 saturated carbocycles. The van der Waals surface area contributed by atoms with E-state index in [1.54, 1.807) is 0 Å². The second-order valence-corrected chi connectivity index (χ2v) is 15.3. The van der Waals surface area contributed by atoms with E-state index < -0.39 is 20.2 Å². The first kappa shape index (κ1) is 30.7. The Kier molecular flexibility index (Phi) is 12.6. The van der Waals surface area contributed by atoms with Gasteiger partial charge in [0.2, 0.25) is 0 Å². The summed E-state index contributed by atoms with van der Waals surface area (Å²) in [5.41, 5.74) is 3.40. The van der Waals surface area contributed by atoms with Crippen LogP contribution in [0.15, 0.2) is 54.6 Å². The minimum absolute atomic E-state index is 0. The number of esters is 1. The fraction of sp³-hybridized carbons (Fsp3) is 0.517. The largest absolute Gasteiger partial charge is 0.465 e. The molecule has 5 nitrogen and oxygen atoms in total. The number of carbonyl (C=O) groups excluding carboxylic acids is 2.